The van der Waals surface area contributed by atoms with Crippen LogP contribution in [-0.2, 0) is 18.9 Å². The molecule has 0 bridgehead atoms. The molecular formula is C26H28O4. The van der Waals surface area contributed by atoms with E-state index in [0.29, 0.717) is 13.2 Å². The Morgan fingerprint density at radius 3 is 1.63 bits per heavy atom. The summed E-state index contributed by atoms with van der Waals surface area (Å²) in [5, 5.41) is 2.20. The third-order valence-corrected chi connectivity index (χ3v) is 5.33. The van der Waals surface area contributed by atoms with Crippen LogP contribution in [0.5, 0.6) is 0 Å². The van der Waals surface area contributed by atoms with Crippen molar-refractivity contribution >= 4 is 10.8 Å². The Hall–Kier alpha value is -2.34. The second kappa shape index (κ2) is 11.2. The minimum Gasteiger partial charge on any atom is -0.353 e. The topological polar surface area (TPSA) is 36.9 Å². The fourth-order valence-corrected chi connectivity index (χ4v) is 3.73. The summed E-state index contributed by atoms with van der Waals surface area (Å²) in [5.41, 5.74) is 1.97. The Morgan fingerprint density at radius 1 is 0.700 bits per heavy atom. The highest BCUT2D eigenvalue weighted by atomic mass is 16.7. The Labute approximate surface area is 178 Å². The van der Waals surface area contributed by atoms with Crippen LogP contribution in [0.25, 0.3) is 10.8 Å². The summed E-state index contributed by atoms with van der Waals surface area (Å²) in [6, 6.07) is 12.3. The summed E-state index contributed by atoms with van der Waals surface area (Å²) in [5.74, 6) is 12.7. The van der Waals surface area contributed by atoms with Crippen LogP contribution in [0.15, 0.2) is 36.4 Å². The smallest absolute Gasteiger partial charge is 0.158 e. The van der Waals surface area contributed by atoms with E-state index < -0.39 is 0 Å². The van der Waals surface area contributed by atoms with Gasteiger partial charge in [0.2, 0.25) is 0 Å². The molecule has 2 aliphatic rings. The summed E-state index contributed by atoms with van der Waals surface area (Å²) in [6.45, 7) is 2.32. The highest BCUT2D eigenvalue weighted by Crippen LogP contribution is 2.22. The van der Waals surface area contributed by atoms with Gasteiger partial charge in [0.05, 0.1) is 0 Å². The van der Waals surface area contributed by atoms with Gasteiger partial charge in [0, 0.05) is 24.3 Å². The number of ether oxygens (including phenoxy) is 4. The Kier molecular flexibility index (Phi) is 7.78. The standard InChI is InChI=1S/C26H28O4/c1-2-12-24-22(10-8-20-30-26-14-4-6-18-28-26)16-15-21(23(24)11-1)9-7-19-29-25-13-3-5-17-27-25/h1-2,11-12,15-16,25-26H,3-6,13-14,17-20H2/t25-,26+. The fraction of sp³-hybridized carbons (Fsp3) is 0.462. The van der Waals surface area contributed by atoms with Crippen LogP contribution in [0.4, 0.5) is 0 Å². The largest absolute Gasteiger partial charge is 0.353 e. The second-order valence-corrected chi connectivity index (χ2v) is 7.52. The molecule has 2 aliphatic heterocycles. The summed E-state index contributed by atoms with van der Waals surface area (Å²) >= 11 is 0. The quantitative estimate of drug-likeness (QED) is 0.697. The van der Waals surface area contributed by atoms with Gasteiger partial charge in [-0.15, -0.1) is 0 Å². The van der Waals surface area contributed by atoms with Gasteiger partial charge in [0.15, 0.2) is 12.6 Å². The highest BCUT2D eigenvalue weighted by Gasteiger charge is 2.13. The van der Waals surface area contributed by atoms with Gasteiger partial charge < -0.3 is 18.9 Å². The molecular weight excluding hydrogens is 376 g/mol. The molecule has 0 aromatic heterocycles. The van der Waals surface area contributed by atoms with Gasteiger partial charge in [-0.25, -0.2) is 0 Å². The molecule has 30 heavy (non-hydrogen) atoms. The van der Waals surface area contributed by atoms with Crippen molar-refractivity contribution in [3.05, 3.63) is 47.5 Å². The number of hydrogen-bond donors (Lipinski definition) is 0. The zero-order valence-corrected chi connectivity index (χ0v) is 17.3. The van der Waals surface area contributed by atoms with Crippen LogP contribution in [-0.4, -0.2) is 39.0 Å². The molecule has 0 N–H and O–H groups in total. The predicted octanol–water partition coefficient (Wildman–Crippen LogP) is 4.63. The third kappa shape index (κ3) is 5.85. The molecule has 4 rings (SSSR count). The van der Waals surface area contributed by atoms with Gasteiger partial charge in [0.25, 0.3) is 0 Å². The van der Waals surface area contributed by atoms with E-state index in [4.69, 9.17) is 18.9 Å². The molecule has 4 nitrogen and oxygen atoms in total. The van der Waals surface area contributed by atoms with Gasteiger partial charge in [-0.05, 0) is 61.4 Å². The van der Waals surface area contributed by atoms with E-state index in [1.165, 1.54) is 0 Å². The minimum atomic E-state index is -0.108. The predicted molar refractivity (Wildman–Crippen MR) is 117 cm³/mol. The van der Waals surface area contributed by atoms with Crippen LogP contribution in [0.3, 0.4) is 0 Å². The van der Waals surface area contributed by atoms with Crippen molar-refractivity contribution in [3.63, 3.8) is 0 Å². The maximum atomic E-state index is 5.71. The summed E-state index contributed by atoms with van der Waals surface area (Å²) in [7, 11) is 0. The monoisotopic (exact) mass is 404 g/mol. The lowest BCUT2D eigenvalue weighted by atomic mass is 10.00. The zero-order chi connectivity index (χ0) is 20.4. The van der Waals surface area contributed by atoms with E-state index in [1.54, 1.807) is 0 Å². The van der Waals surface area contributed by atoms with Crippen LogP contribution in [0.1, 0.15) is 49.7 Å². The van der Waals surface area contributed by atoms with E-state index in [0.717, 1.165) is 73.6 Å². The van der Waals surface area contributed by atoms with Crippen molar-refractivity contribution in [1.29, 1.82) is 0 Å². The maximum absolute atomic E-state index is 5.71. The molecule has 2 heterocycles. The lowest BCUT2D eigenvalue weighted by Gasteiger charge is -2.21. The van der Waals surface area contributed by atoms with Crippen LogP contribution in [0, 0.1) is 23.7 Å². The average Bonchev–Trinajstić information content (AvgIpc) is 2.81. The highest BCUT2D eigenvalue weighted by molar-refractivity contribution is 5.92. The molecule has 0 radical (unpaired) electrons. The first-order valence-corrected chi connectivity index (χ1v) is 10.9. The van der Waals surface area contributed by atoms with Gasteiger partial charge in [-0.1, -0.05) is 47.9 Å². The summed E-state index contributed by atoms with van der Waals surface area (Å²) in [6.07, 6.45) is 6.24. The van der Waals surface area contributed by atoms with E-state index in [2.05, 4.69) is 35.8 Å². The van der Waals surface area contributed by atoms with Crippen LogP contribution in [0.2, 0.25) is 0 Å². The van der Waals surface area contributed by atoms with Gasteiger partial charge in [0.1, 0.15) is 13.2 Å². The zero-order valence-electron chi connectivity index (χ0n) is 17.3. The van der Waals surface area contributed by atoms with Crippen molar-refractivity contribution in [1.82, 2.24) is 0 Å². The molecule has 0 unspecified atom stereocenters. The first kappa shape index (κ1) is 20.9. The van der Waals surface area contributed by atoms with Crippen molar-refractivity contribution < 1.29 is 18.9 Å². The summed E-state index contributed by atoms with van der Waals surface area (Å²) < 4.78 is 22.6. The van der Waals surface area contributed by atoms with E-state index in [-0.39, 0.29) is 12.6 Å². The lowest BCUT2D eigenvalue weighted by molar-refractivity contribution is -0.154. The molecule has 2 fully saturated rings. The van der Waals surface area contributed by atoms with Gasteiger partial charge in [-0.3, -0.25) is 0 Å². The normalized spacial score (nSPS) is 21.3. The van der Waals surface area contributed by atoms with E-state index in [1.807, 2.05) is 24.3 Å². The number of hydrogen-bond acceptors (Lipinski definition) is 4. The van der Waals surface area contributed by atoms with E-state index >= 15 is 0 Å². The SMILES string of the molecule is C(#Cc1ccc(C#CCO[C@@H]2CCCCO2)c2ccccc12)CO[C@H]1CCCCO1. The molecule has 0 amide bonds. The van der Waals surface area contributed by atoms with Crippen molar-refractivity contribution in [2.24, 2.45) is 0 Å². The molecule has 0 spiro atoms. The molecule has 4 heteroatoms. The van der Waals surface area contributed by atoms with Crippen LogP contribution < -0.4 is 0 Å². The van der Waals surface area contributed by atoms with Crippen molar-refractivity contribution in [2.75, 3.05) is 26.4 Å². The molecule has 2 aromatic rings. The minimum absolute atomic E-state index is 0.108. The van der Waals surface area contributed by atoms with Crippen molar-refractivity contribution in [2.45, 2.75) is 51.1 Å². The third-order valence-electron chi connectivity index (χ3n) is 5.33. The van der Waals surface area contributed by atoms with Crippen LogP contribution >= 0.6 is 0 Å². The number of rotatable bonds is 4. The average molecular weight is 405 g/mol. The molecule has 156 valence electrons. The second-order valence-electron chi connectivity index (χ2n) is 7.52. The lowest BCUT2D eigenvalue weighted by Crippen LogP contribution is -2.22. The maximum Gasteiger partial charge on any atom is 0.158 e. The van der Waals surface area contributed by atoms with Gasteiger partial charge >= 0.3 is 0 Å². The van der Waals surface area contributed by atoms with Gasteiger partial charge in [-0.2, -0.15) is 0 Å². The molecule has 2 atom stereocenters. The van der Waals surface area contributed by atoms with Crippen molar-refractivity contribution in [3.8, 4) is 23.7 Å². The molecule has 2 aromatic carbocycles. The van der Waals surface area contributed by atoms with E-state index in [9.17, 15) is 0 Å². The number of fused-ring (bicyclic) bond motifs is 1. The molecule has 0 saturated carbocycles. The molecule has 2 saturated heterocycles. The Balaban J connectivity index is 1.40. The molecule has 0 aliphatic carbocycles. The Bertz CT molecular complexity index is 869. The fourth-order valence-electron chi connectivity index (χ4n) is 3.73. The number of benzene rings is 2. The Morgan fingerprint density at radius 2 is 1.20 bits per heavy atom. The summed E-state index contributed by atoms with van der Waals surface area (Å²) in [4.78, 5) is 0. The first-order valence-electron chi connectivity index (χ1n) is 10.9. The first-order chi connectivity index (χ1) is 14.9.